The first kappa shape index (κ1) is 22.9. The molecule has 1 fully saturated rings. The van der Waals surface area contributed by atoms with Crippen molar-refractivity contribution in [2.45, 2.75) is 25.1 Å². The molecule has 1 aliphatic heterocycles. The van der Waals surface area contributed by atoms with Crippen LogP contribution in [0.3, 0.4) is 0 Å². The van der Waals surface area contributed by atoms with Gasteiger partial charge in [-0.15, -0.1) is 0 Å². The minimum absolute atomic E-state index is 0.108. The standard InChI is InChI=1S/C18H17N5O2.C2HF3O2/c19-16(12-5-2-1-3-6-12)17-21-18(25-22-17)13-9-14(11-20-10-13)23-8-4-7-15(23)24;3-2(4,5)1(6)7/h1-3,5-6,9-11,16H,4,7-8,19H2;(H,6,7). The summed E-state index contributed by atoms with van der Waals surface area (Å²) in [6.45, 7) is 0.706. The van der Waals surface area contributed by atoms with Gasteiger partial charge in [0.15, 0.2) is 5.82 Å². The fourth-order valence-electron chi connectivity index (χ4n) is 2.90. The lowest BCUT2D eigenvalue weighted by atomic mass is 10.1. The quantitative estimate of drug-likeness (QED) is 0.621. The number of alkyl halides is 3. The Morgan fingerprint density at radius 3 is 2.50 bits per heavy atom. The summed E-state index contributed by atoms with van der Waals surface area (Å²) in [7, 11) is 0. The van der Waals surface area contributed by atoms with E-state index in [4.69, 9.17) is 20.2 Å². The molecule has 1 unspecified atom stereocenters. The smallest absolute Gasteiger partial charge is 0.475 e. The lowest BCUT2D eigenvalue weighted by Gasteiger charge is -2.15. The number of rotatable bonds is 4. The number of carboxylic acids is 1. The summed E-state index contributed by atoms with van der Waals surface area (Å²) in [4.78, 5) is 31.1. The van der Waals surface area contributed by atoms with Gasteiger partial charge in [-0.2, -0.15) is 18.2 Å². The molecule has 2 aromatic heterocycles. The van der Waals surface area contributed by atoms with Crippen molar-refractivity contribution in [3.8, 4) is 11.5 Å². The summed E-state index contributed by atoms with van der Waals surface area (Å²) in [5.74, 6) is -1.91. The molecule has 3 aromatic rings. The van der Waals surface area contributed by atoms with E-state index in [1.807, 2.05) is 36.4 Å². The van der Waals surface area contributed by atoms with Gasteiger partial charge >= 0.3 is 12.1 Å². The predicted octanol–water partition coefficient (Wildman–Crippen LogP) is 2.94. The number of nitrogens with two attached hydrogens (primary N) is 1. The van der Waals surface area contributed by atoms with Crippen LogP contribution in [0, 0.1) is 0 Å². The minimum atomic E-state index is -5.08. The summed E-state index contributed by atoms with van der Waals surface area (Å²) in [6.07, 6.45) is -0.352. The zero-order valence-electron chi connectivity index (χ0n) is 16.5. The van der Waals surface area contributed by atoms with Crippen LogP contribution < -0.4 is 10.6 Å². The predicted molar refractivity (Wildman–Crippen MR) is 105 cm³/mol. The first-order chi connectivity index (χ1) is 15.2. The Hall–Kier alpha value is -3.80. The molecule has 9 nitrogen and oxygen atoms in total. The van der Waals surface area contributed by atoms with Gasteiger partial charge in [-0.3, -0.25) is 9.78 Å². The Morgan fingerprint density at radius 2 is 1.91 bits per heavy atom. The third kappa shape index (κ3) is 5.46. The number of carbonyl (C=O) groups excluding carboxylic acids is 1. The number of aliphatic carboxylic acids is 1. The summed E-state index contributed by atoms with van der Waals surface area (Å²) < 4.78 is 37.1. The molecule has 1 saturated heterocycles. The molecule has 12 heteroatoms. The van der Waals surface area contributed by atoms with Crippen LogP contribution in [0.1, 0.15) is 30.3 Å². The van der Waals surface area contributed by atoms with Crippen LogP contribution in [0.2, 0.25) is 0 Å². The van der Waals surface area contributed by atoms with Gasteiger partial charge in [0.1, 0.15) is 0 Å². The van der Waals surface area contributed by atoms with Crippen molar-refractivity contribution in [2.24, 2.45) is 5.73 Å². The molecule has 1 aromatic carbocycles. The van der Waals surface area contributed by atoms with Crippen molar-refractivity contribution in [1.82, 2.24) is 15.1 Å². The highest BCUT2D eigenvalue weighted by molar-refractivity contribution is 5.95. The van der Waals surface area contributed by atoms with Gasteiger partial charge in [-0.25, -0.2) is 4.79 Å². The Labute approximate surface area is 179 Å². The molecule has 168 valence electrons. The average Bonchev–Trinajstić information content (AvgIpc) is 3.43. The van der Waals surface area contributed by atoms with Crippen LogP contribution in [-0.4, -0.2) is 44.8 Å². The largest absolute Gasteiger partial charge is 0.490 e. The van der Waals surface area contributed by atoms with E-state index in [2.05, 4.69) is 15.1 Å². The zero-order chi connectivity index (χ0) is 23.3. The van der Waals surface area contributed by atoms with Crippen molar-refractivity contribution in [1.29, 1.82) is 0 Å². The number of amides is 1. The second-order valence-electron chi connectivity index (χ2n) is 6.73. The van der Waals surface area contributed by atoms with Crippen molar-refractivity contribution in [3.05, 3.63) is 60.2 Å². The Bertz CT molecular complexity index is 1090. The maximum absolute atomic E-state index is 11.9. The molecule has 1 aliphatic rings. The van der Waals surface area contributed by atoms with Gasteiger partial charge in [-0.05, 0) is 18.1 Å². The van der Waals surface area contributed by atoms with Crippen LogP contribution >= 0.6 is 0 Å². The SMILES string of the molecule is NC(c1ccccc1)c1noc(-c2cncc(N3CCCC3=O)c2)n1.O=C(O)C(F)(F)F. The normalized spacial score (nSPS) is 14.6. The summed E-state index contributed by atoms with van der Waals surface area (Å²) in [6, 6.07) is 11.0. The van der Waals surface area contributed by atoms with Crippen LogP contribution in [0.15, 0.2) is 53.3 Å². The van der Waals surface area contributed by atoms with E-state index < -0.39 is 18.2 Å². The van der Waals surface area contributed by atoms with E-state index in [9.17, 15) is 18.0 Å². The first-order valence-electron chi connectivity index (χ1n) is 9.37. The molecular weight excluding hydrogens is 431 g/mol. The number of benzene rings is 1. The van der Waals surface area contributed by atoms with Gasteiger partial charge < -0.3 is 20.3 Å². The molecule has 1 atom stereocenters. The first-order valence-corrected chi connectivity index (χ1v) is 9.37. The molecule has 1 amide bonds. The number of halogens is 3. The van der Waals surface area contributed by atoms with E-state index in [-0.39, 0.29) is 5.91 Å². The van der Waals surface area contributed by atoms with Crippen molar-refractivity contribution in [3.63, 3.8) is 0 Å². The van der Waals surface area contributed by atoms with Gasteiger partial charge in [0.25, 0.3) is 5.89 Å². The number of hydrogen-bond acceptors (Lipinski definition) is 7. The molecule has 4 rings (SSSR count). The minimum Gasteiger partial charge on any atom is -0.475 e. The topological polar surface area (TPSA) is 135 Å². The molecule has 0 saturated carbocycles. The Balaban J connectivity index is 0.000000360. The summed E-state index contributed by atoms with van der Waals surface area (Å²) in [5.41, 5.74) is 8.51. The maximum atomic E-state index is 11.9. The molecular formula is C20H18F3N5O4. The van der Waals surface area contributed by atoms with Crippen molar-refractivity contribution < 1.29 is 32.4 Å². The number of pyridine rings is 1. The fourth-order valence-corrected chi connectivity index (χ4v) is 2.90. The number of aromatic nitrogens is 3. The summed E-state index contributed by atoms with van der Waals surface area (Å²) >= 11 is 0. The van der Waals surface area contributed by atoms with E-state index in [0.717, 1.165) is 17.7 Å². The van der Waals surface area contributed by atoms with E-state index in [1.165, 1.54) is 0 Å². The third-order valence-electron chi connectivity index (χ3n) is 4.48. The highest BCUT2D eigenvalue weighted by atomic mass is 19.4. The molecule has 0 radical (unpaired) electrons. The number of carbonyl (C=O) groups is 2. The number of anilines is 1. The Kier molecular flexibility index (Phi) is 6.83. The van der Waals surface area contributed by atoms with Crippen molar-refractivity contribution in [2.75, 3.05) is 11.4 Å². The van der Waals surface area contributed by atoms with Crippen LogP contribution in [0.25, 0.3) is 11.5 Å². The molecule has 3 N–H and O–H groups in total. The van der Waals surface area contributed by atoms with E-state index >= 15 is 0 Å². The second-order valence-corrected chi connectivity index (χ2v) is 6.73. The van der Waals surface area contributed by atoms with Crippen LogP contribution in [0.4, 0.5) is 18.9 Å². The molecule has 3 heterocycles. The molecule has 0 aliphatic carbocycles. The fraction of sp³-hybridized carbons (Fsp3) is 0.250. The van der Waals surface area contributed by atoms with Gasteiger partial charge in [0, 0.05) is 19.2 Å². The maximum Gasteiger partial charge on any atom is 0.490 e. The molecule has 0 spiro atoms. The van der Waals surface area contributed by atoms with Gasteiger partial charge in [0.05, 0.1) is 23.5 Å². The third-order valence-corrected chi connectivity index (χ3v) is 4.48. The zero-order valence-corrected chi connectivity index (χ0v) is 16.5. The van der Waals surface area contributed by atoms with E-state index in [1.54, 1.807) is 17.3 Å². The van der Waals surface area contributed by atoms with Gasteiger partial charge in [-0.1, -0.05) is 35.5 Å². The van der Waals surface area contributed by atoms with Gasteiger partial charge in [0.2, 0.25) is 5.91 Å². The average molecular weight is 449 g/mol. The molecule has 0 bridgehead atoms. The number of nitrogens with zero attached hydrogens (tertiary/aromatic N) is 4. The monoisotopic (exact) mass is 449 g/mol. The Morgan fingerprint density at radius 1 is 1.22 bits per heavy atom. The van der Waals surface area contributed by atoms with E-state index in [0.29, 0.717) is 30.2 Å². The lowest BCUT2D eigenvalue weighted by molar-refractivity contribution is -0.192. The molecule has 32 heavy (non-hydrogen) atoms. The number of hydrogen-bond donors (Lipinski definition) is 2. The highest BCUT2D eigenvalue weighted by Crippen LogP contribution is 2.26. The number of carboxylic acid groups (broad SMARTS) is 1. The highest BCUT2D eigenvalue weighted by Gasteiger charge is 2.38. The second kappa shape index (κ2) is 9.56. The lowest BCUT2D eigenvalue weighted by Crippen LogP contribution is -2.23. The summed E-state index contributed by atoms with van der Waals surface area (Å²) in [5, 5.41) is 11.1. The van der Waals surface area contributed by atoms with Crippen LogP contribution in [0.5, 0.6) is 0 Å². The van der Waals surface area contributed by atoms with Crippen LogP contribution in [-0.2, 0) is 9.59 Å². The van der Waals surface area contributed by atoms with Crippen molar-refractivity contribution >= 4 is 17.6 Å².